The second kappa shape index (κ2) is 7.65. The Morgan fingerprint density at radius 3 is 2.81 bits per heavy atom. The van der Waals surface area contributed by atoms with Crippen LogP contribution < -0.4 is 11.1 Å². The van der Waals surface area contributed by atoms with Gasteiger partial charge in [0.25, 0.3) is 5.91 Å². The number of rotatable bonds is 5. The van der Waals surface area contributed by atoms with E-state index in [-0.39, 0.29) is 11.7 Å². The number of benzene rings is 2. The Bertz CT molecular complexity index is 963. The van der Waals surface area contributed by atoms with Gasteiger partial charge in [-0.25, -0.2) is 0 Å². The summed E-state index contributed by atoms with van der Waals surface area (Å²) in [7, 11) is 0. The smallest absolute Gasteiger partial charge is 0.267 e. The van der Waals surface area contributed by atoms with E-state index in [1.807, 2.05) is 61.5 Å². The Kier molecular flexibility index (Phi) is 5.12. The van der Waals surface area contributed by atoms with Gasteiger partial charge in [0.2, 0.25) is 6.10 Å². The first-order valence-electron chi connectivity index (χ1n) is 8.25. The zero-order valence-corrected chi connectivity index (χ0v) is 14.6. The van der Waals surface area contributed by atoms with Crippen LogP contribution in [0.3, 0.4) is 0 Å². The van der Waals surface area contributed by atoms with E-state index in [1.54, 1.807) is 13.1 Å². The molecule has 0 fully saturated rings. The Balaban J connectivity index is 1.70. The number of hydrogen-bond donors (Lipinski definition) is 2. The van der Waals surface area contributed by atoms with Crippen LogP contribution in [0.5, 0.6) is 0 Å². The molecule has 132 valence electrons. The third-order valence-electron chi connectivity index (χ3n) is 3.88. The lowest BCUT2D eigenvalue weighted by Crippen LogP contribution is -2.27. The fourth-order valence-corrected chi connectivity index (χ4v) is 2.52. The summed E-state index contributed by atoms with van der Waals surface area (Å²) in [6.07, 6.45) is 0.859. The number of anilines is 1. The van der Waals surface area contributed by atoms with Gasteiger partial charge in [-0.05, 0) is 43.0 Å². The summed E-state index contributed by atoms with van der Waals surface area (Å²) < 4.78 is 0. The quantitative estimate of drug-likeness (QED) is 0.421. The predicted octanol–water partition coefficient (Wildman–Crippen LogP) is 3.21. The number of amidine groups is 1. The van der Waals surface area contributed by atoms with E-state index >= 15 is 0 Å². The molecule has 0 aliphatic heterocycles. The zero-order valence-electron chi connectivity index (χ0n) is 14.6. The average molecular weight is 348 g/mol. The fourth-order valence-electron chi connectivity index (χ4n) is 2.52. The number of nitrogens with zero attached hydrogens (tertiary/aromatic N) is 2. The molecular weight excluding hydrogens is 328 g/mol. The van der Waals surface area contributed by atoms with Gasteiger partial charge in [0, 0.05) is 17.3 Å². The van der Waals surface area contributed by atoms with Crippen molar-refractivity contribution >= 4 is 28.2 Å². The van der Waals surface area contributed by atoms with Crippen molar-refractivity contribution < 1.29 is 9.63 Å². The molecule has 6 nitrogen and oxygen atoms in total. The summed E-state index contributed by atoms with van der Waals surface area (Å²) in [6, 6.07) is 17.1. The number of nitrogens with two attached hydrogens (primary N) is 1. The van der Waals surface area contributed by atoms with Crippen LogP contribution >= 0.6 is 0 Å². The van der Waals surface area contributed by atoms with Crippen molar-refractivity contribution in [2.24, 2.45) is 10.9 Å². The molecule has 1 aromatic heterocycles. The van der Waals surface area contributed by atoms with Gasteiger partial charge in [-0.1, -0.05) is 41.6 Å². The van der Waals surface area contributed by atoms with E-state index in [2.05, 4.69) is 15.5 Å². The number of hydrogen-bond acceptors (Lipinski definition) is 4. The first-order chi connectivity index (χ1) is 12.5. The molecule has 3 rings (SSSR count). The summed E-state index contributed by atoms with van der Waals surface area (Å²) in [5.41, 5.74) is 8.30. The molecule has 0 unspecified atom stereocenters. The molecule has 0 radical (unpaired) electrons. The van der Waals surface area contributed by atoms with Crippen molar-refractivity contribution in [1.82, 2.24) is 4.98 Å². The highest BCUT2D eigenvalue weighted by Crippen LogP contribution is 2.16. The maximum Gasteiger partial charge on any atom is 0.267 e. The second-order valence-corrected chi connectivity index (χ2v) is 5.96. The van der Waals surface area contributed by atoms with Crippen molar-refractivity contribution in [3.05, 3.63) is 72.1 Å². The predicted molar refractivity (Wildman–Crippen MR) is 103 cm³/mol. The topological polar surface area (TPSA) is 89.6 Å². The molecule has 6 heteroatoms. The first-order valence-corrected chi connectivity index (χ1v) is 8.25. The highest BCUT2D eigenvalue weighted by molar-refractivity contribution is 6.07. The number of pyridine rings is 1. The van der Waals surface area contributed by atoms with E-state index in [4.69, 9.17) is 10.6 Å². The van der Waals surface area contributed by atoms with Crippen LogP contribution in [0.15, 0.2) is 65.9 Å². The Hall–Kier alpha value is -3.41. The highest BCUT2D eigenvalue weighted by atomic mass is 16.6. The van der Waals surface area contributed by atoms with Gasteiger partial charge in [-0.3, -0.25) is 9.78 Å². The summed E-state index contributed by atoms with van der Waals surface area (Å²) in [6.45, 7) is 3.57. The zero-order chi connectivity index (χ0) is 18.5. The Morgan fingerprint density at radius 2 is 2.00 bits per heavy atom. The number of fused-ring (bicyclic) bond motifs is 1. The lowest BCUT2D eigenvalue weighted by molar-refractivity contribution is -0.126. The highest BCUT2D eigenvalue weighted by Gasteiger charge is 2.15. The summed E-state index contributed by atoms with van der Waals surface area (Å²) in [5.74, 6) is -0.185. The average Bonchev–Trinajstić information content (AvgIpc) is 2.65. The van der Waals surface area contributed by atoms with Crippen LogP contribution in [0.4, 0.5) is 5.69 Å². The van der Waals surface area contributed by atoms with Crippen molar-refractivity contribution in [3.8, 4) is 0 Å². The van der Waals surface area contributed by atoms with Crippen molar-refractivity contribution in [2.45, 2.75) is 20.0 Å². The van der Waals surface area contributed by atoms with Crippen LogP contribution in [0.1, 0.15) is 18.2 Å². The second-order valence-electron chi connectivity index (χ2n) is 5.96. The van der Waals surface area contributed by atoms with E-state index in [9.17, 15) is 4.79 Å². The molecule has 0 saturated heterocycles. The van der Waals surface area contributed by atoms with Crippen LogP contribution in [0.25, 0.3) is 10.8 Å². The Morgan fingerprint density at radius 1 is 1.19 bits per heavy atom. The van der Waals surface area contributed by atoms with Gasteiger partial charge in [0.1, 0.15) is 5.69 Å². The number of carbonyl (C=O) groups is 1. The summed E-state index contributed by atoms with van der Waals surface area (Å²) >= 11 is 0. The lowest BCUT2D eigenvalue weighted by Gasteiger charge is -2.12. The normalized spacial score (nSPS) is 12.6. The van der Waals surface area contributed by atoms with E-state index in [1.165, 1.54) is 0 Å². The van der Waals surface area contributed by atoms with E-state index in [0.29, 0.717) is 11.4 Å². The maximum absolute atomic E-state index is 12.2. The number of carbonyl (C=O) groups excluding carboxylic acids is 1. The van der Waals surface area contributed by atoms with E-state index < -0.39 is 6.10 Å². The van der Waals surface area contributed by atoms with Gasteiger partial charge < -0.3 is 15.9 Å². The first kappa shape index (κ1) is 17.4. The fraction of sp³-hybridized carbons (Fsp3) is 0.150. The van der Waals surface area contributed by atoms with Gasteiger partial charge in [-0.2, -0.15) is 0 Å². The number of aryl methyl sites for hydroxylation is 1. The van der Waals surface area contributed by atoms with Crippen LogP contribution in [0, 0.1) is 6.92 Å². The molecule has 0 spiro atoms. The van der Waals surface area contributed by atoms with Crippen LogP contribution in [-0.4, -0.2) is 22.8 Å². The third-order valence-corrected chi connectivity index (χ3v) is 3.88. The molecule has 3 aromatic rings. The molecule has 1 atom stereocenters. The molecule has 0 saturated carbocycles. The SMILES string of the molecule is Cc1cccc(NC(=O)[C@H](C)O/N=C(\N)c2nccc3ccccc23)c1. The minimum absolute atomic E-state index is 0.122. The number of oxime groups is 1. The van der Waals surface area contributed by atoms with Crippen molar-refractivity contribution in [3.63, 3.8) is 0 Å². The number of nitrogens with one attached hydrogen (secondary N) is 1. The molecule has 26 heavy (non-hydrogen) atoms. The van der Waals surface area contributed by atoms with Gasteiger partial charge in [0.15, 0.2) is 5.84 Å². The van der Waals surface area contributed by atoms with Gasteiger partial charge in [0.05, 0.1) is 0 Å². The molecular formula is C20H20N4O2. The van der Waals surface area contributed by atoms with Gasteiger partial charge >= 0.3 is 0 Å². The minimum atomic E-state index is -0.802. The minimum Gasteiger partial charge on any atom is -0.381 e. The van der Waals surface area contributed by atoms with Crippen LogP contribution in [0.2, 0.25) is 0 Å². The molecule has 1 heterocycles. The number of aromatic nitrogens is 1. The summed E-state index contributed by atoms with van der Waals surface area (Å²) in [4.78, 5) is 21.8. The lowest BCUT2D eigenvalue weighted by atomic mass is 10.1. The molecule has 0 bridgehead atoms. The van der Waals surface area contributed by atoms with Crippen LogP contribution in [-0.2, 0) is 9.63 Å². The van der Waals surface area contributed by atoms with Crippen molar-refractivity contribution in [2.75, 3.05) is 5.32 Å². The molecule has 2 aromatic carbocycles. The Labute approximate surface area is 151 Å². The summed E-state index contributed by atoms with van der Waals surface area (Å²) in [5, 5.41) is 8.55. The van der Waals surface area contributed by atoms with Gasteiger partial charge in [-0.15, -0.1) is 0 Å². The number of amides is 1. The molecule has 3 N–H and O–H groups in total. The molecule has 0 aliphatic rings. The third kappa shape index (κ3) is 3.97. The monoisotopic (exact) mass is 348 g/mol. The molecule has 0 aliphatic carbocycles. The standard InChI is InChI=1S/C20H20N4O2/c1-13-6-5-8-16(12-13)23-20(25)14(2)26-24-19(21)18-17-9-4-3-7-15(17)10-11-22-18/h3-12,14H,1-2H3,(H2,21,24)(H,23,25)/t14-/m0/s1. The molecule has 1 amide bonds. The van der Waals surface area contributed by atoms with E-state index in [0.717, 1.165) is 16.3 Å². The van der Waals surface area contributed by atoms with Crippen molar-refractivity contribution in [1.29, 1.82) is 0 Å². The largest absolute Gasteiger partial charge is 0.381 e. The maximum atomic E-state index is 12.2.